The first kappa shape index (κ1) is 21.9. The van der Waals surface area contributed by atoms with E-state index in [1.807, 2.05) is 0 Å². The number of rotatable bonds is 6. The lowest BCUT2D eigenvalue weighted by Crippen LogP contribution is -2.51. The third-order valence-electron chi connectivity index (χ3n) is 4.49. The van der Waals surface area contributed by atoms with Crippen LogP contribution in [0, 0.1) is 15.9 Å². The van der Waals surface area contributed by atoms with E-state index in [9.17, 15) is 27.7 Å². The lowest BCUT2D eigenvalue weighted by atomic mass is 10.3. The highest BCUT2D eigenvalue weighted by Gasteiger charge is 2.30. The molecule has 1 aliphatic heterocycles. The first-order chi connectivity index (χ1) is 14.2. The van der Waals surface area contributed by atoms with Crippen molar-refractivity contribution in [1.82, 2.24) is 9.21 Å². The molecule has 0 bridgehead atoms. The first-order valence-electron chi connectivity index (χ1n) is 8.79. The van der Waals surface area contributed by atoms with E-state index < -0.39 is 33.3 Å². The number of hydrogen-bond acceptors (Lipinski definition) is 6. The Hall–Kier alpha value is -2.76. The van der Waals surface area contributed by atoms with Gasteiger partial charge < -0.3 is 9.64 Å². The van der Waals surface area contributed by atoms with Gasteiger partial charge in [-0.2, -0.15) is 4.31 Å². The summed E-state index contributed by atoms with van der Waals surface area (Å²) in [6.07, 6.45) is 0. The summed E-state index contributed by atoms with van der Waals surface area (Å²) >= 11 is 5.74. The maximum Gasteiger partial charge on any atom is 0.312 e. The number of piperazine rings is 1. The van der Waals surface area contributed by atoms with Gasteiger partial charge in [0.15, 0.2) is 12.4 Å². The van der Waals surface area contributed by atoms with Crippen LogP contribution >= 0.6 is 11.6 Å². The van der Waals surface area contributed by atoms with E-state index in [1.54, 1.807) is 0 Å². The van der Waals surface area contributed by atoms with E-state index >= 15 is 0 Å². The van der Waals surface area contributed by atoms with E-state index in [-0.39, 0.29) is 47.5 Å². The largest absolute Gasteiger partial charge is 0.477 e. The summed E-state index contributed by atoms with van der Waals surface area (Å²) in [7, 11) is -3.87. The molecule has 160 valence electrons. The molecule has 12 heteroatoms. The van der Waals surface area contributed by atoms with Crippen LogP contribution in [-0.4, -0.2) is 61.2 Å². The maximum absolute atomic E-state index is 13.4. The standard InChI is InChI=1S/C18H17ClFN3O6S/c19-13-4-5-17(16(10-13)23(25)26)29-12-18(24)21-6-8-22(9-7-21)30(27,28)15-3-1-2-14(20)11-15/h1-5,10-11H,6-9,12H2. The van der Waals surface area contributed by atoms with Crippen molar-refractivity contribution in [1.29, 1.82) is 0 Å². The SMILES string of the molecule is O=C(COc1ccc(Cl)cc1[N+](=O)[O-])N1CCN(S(=O)(=O)c2cccc(F)c2)CC1. The second-order valence-electron chi connectivity index (χ2n) is 6.40. The second-order valence-corrected chi connectivity index (χ2v) is 8.77. The average Bonchev–Trinajstić information content (AvgIpc) is 2.72. The minimum absolute atomic E-state index is 0.0334. The Morgan fingerprint density at radius 3 is 2.50 bits per heavy atom. The van der Waals surface area contributed by atoms with E-state index in [4.69, 9.17) is 16.3 Å². The van der Waals surface area contributed by atoms with Crippen LogP contribution in [0.25, 0.3) is 0 Å². The predicted octanol–water partition coefficient (Wildman–Crippen LogP) is 2.30. The fourth-order valence-corrected chi connectivity index (χ4v) is 4.56. The van der Waals surface area contributed by atoms with Crippen LogP contribution in [0.15, 0.2) is 47.4 Å². The van der Waals surface area contributed by atoms with Crippen LogP contribution in [0.2, 0.25) is 5.02 Å². The number of ether oxygens (including phenoxy) is 1. The Kier molecular flexibility index (Phi) is 6.54. The molecule has 0 aliphatic carbocycles. The van der Waals surface area contributed by atoms with Gasteiger partial charge in [0.25, 0.3) is 5.91 Å². The number of sulfonamides is 1. The summed E-state index contributed by atoms with van der Waals surface area (Å²) in [5.41, 5.74) is -0.360. The molecule has 1 amide bonds. The van der Waals surface area contributed by atoms with Gasteiger partial charge in [-0.25, -0.2) is 12.8 Å². The summed E-state index contributed by atoms with van der Waals surface area (Å²) < 4.78 is 45.0. The Balaban J connectivity index is 1.59. The fourth-order valence-electron chi connectivity index (χ4n) is 2.94. The van der Waals surface area contributed by atoms with Gasteiger partial charge >= 0.3 is 5.69 Å². The van der Waals surface area contributed by atoms with Crippen molar-refractivity contribution in [2.24, 2.45) is 0 Å². The molecule has 0 spiro atoms. The molecule has 0 aromatic heterocycles. The van der Waals surface area contributed by atoms with Crippen molar-refractivity contribution in [3.8, 4) is 5.75 Å². The summed E-state index contributed by atoms with van der Waals surface area (Å²) in [6, 6.07) is 8.55. The molecule has 9 nitrogen and oxygen atoms in total. The molecule has 0 atom stereocenters. The summed E-state index contributed by atoms with van der Waals surface area (Å²) in [5, 5.41) is 11.2. The Bertz CT molecular complexity index is 1070. The second kappa shape index (κ2) is 8.94. The molecule has 2 aromatic carbocycles. The van der Waals surface area contributed by atoms with Gasteiger partial charge in [-0.3, -0.25) is 14.9 Å². The number of amides is 1. The minimum Gasteiger partial charge on any atom is -0.477 e. The van der Waals surface area contributed by atoms with Gasteiger partial charge in [0.05, 0.1) is 9.82 Å². The number of nitrogens with zero attached hydrogens (tertiary/aromatic N) is 3. The maximum atomic E-state index is 13.4. The summed E-state index contributed by atoms with van der Waals surface area (Å²) in [6.45, 7) is -0.157. The third-order valence-corrected chi connectivity index (χ3v) is 6.62. The zero-order chi connectivity index (χ0) is 21.9. The summed E-state index contributed by atoms with van der Waals surface area (Å²) in [5.74, 6) is -1.19. The molecule has 1 heterocycles. The quantitative estimate of drug-likeness (QED) is 0.486. The van der Waals surface area contributed by atoms with Crippen LogP contribution < -0.4 is 4.74 Å². The molecular weight excluding hydrogens is 441 g/mol. The number of halogens is 2. The van der Waals surface area contributed by atoms with E-state index in [0.29, 0.717) is 0 Å². The smallest absolute Gasteiger partial charge is 0.312 e. The normalized spacial score (nSPS) is 15.1. The highest BCUT2D eigenvalue weighted by atomic mass is 35.5. The van der Waals surface area contributed by atoms with Crippen molar-refractivity contribution in [2.75, 3.05) is 32.8 Å². The first-order valence-corrected chi connectivity index (χ1v) is 10.6. The molecule has 3 rings (SSSR count). The molecule has 30 heavy (non-hydrogen) atoms. The average molecular weight is 458 g/mol. The van der Waals surface area contributed by atoms with Crippen LogP contribution in [-0.2, 0) is 14.8 Å². The monoisotopic (exact) mass is 457 g/mol. The fraction of sp³-hybridized carbons (Fsp3) is 0.278. The van der Waals surface area contributed by atoms with Crippen molar-refractivity contribution < 1.29 is 27.3 Å². The van der Waals surface area contributed by atoms with Crippen molar-refractivity contribution in [3.05, 3.63) is 63.4 Å². The zero-order valence-electron chi connectivity index (χ0n) is 15.5. The third kappa shape index (κ3) is 4.86. The number of nitro benzene ring substituents is 1. The number of carbonyl (C=O) groups excluding carboxylic acids is 1. The predicted molar refractivity (Wildman–Crippen MR) is 105 cm³/mol. The Labute approximate surface area is 176 Å². The van der Waals surface area contributed by atoms with Gasteiger partial charge in [0.1, 0.15) is 5.82 Å². The Morgan fingerprint density at radius 1 is 1.17 bits per heavy atom. The van der Waals surface area contributed by atoms with Gasteiger partial charge in [0, 0.05) is 37.3 Å². The molecule has 0 saturated carbocycles. The summed E-state index contributed by atoms with van der Waals surface area (Å²) in [4.78, 5) is 24.0. The lowest BCUT2D eigenvalue weighted by Gasteiger charge is -2.33. The van der Waals surface area contributed by atoms with E-state index in [2.05, 4.69) is 0 Å². The molecule has 2 aromatic rings. The zero-order valence-corrected chi connectivity index (χ0v) is 17.1. The topological polar surface area (TPSA) is 110 Å². The van der Waals surface area contributed by atoms with Crippen LogP contribution in [0.4, 0.5) is 10.1 Å². The van der Waals surface area contributed by atoms with Gasteiger partial charge in [0.2, 0.25) is 10.0 Å². The van der Waals surface area contributed by atoms with E-state index in [0.717, 1.165) is 18.2 Å². The molecule has 0 radical (unpaired) electrons. The number of hydrogen-bond donors (Lipinski definition) is 0. The van der Waals surface area contributed by atoms with Gasteiger partial charge in [-0.15, -0.1) is 0 Å². The van der Waals surface area contributed by atoms with Gasteiger partial charge in [-0.05, 0) is 30.3 Å². The molecule has 1 fully saturated rings. The molecule has 0 unspecified atom stereocenters. The molecular formula is C18H17ClFN3O6S. The van der Waals surface area contributed by atoms with Crippen molar-refractivity contribution in [2.45, 2.75) is 4.90 Å². The number of benzene rings is 2. The van der Waals surface area contributed by atoms with Crippen LogP contribution in [0.5, 0.6) is 5.75 Å². The van der Waals surface area contributed by atoms with Gasteiger partial charge in [-0.1, -0.05) is 17.7 Å². The minimum atomic E-state index is -3.87. The molecule has 1 aliphatic rings. The van der Waals surface area contributed by atoms with Crippen LogP contribution in [0.3, 0.4) is 0 Å². The molecule has 0 N–H and O–H groups in total. The van der Waals surface area contributed by atoms with Crippen molar-refractivity contribution in [3.63, 3.8) is 0 Å². The highest BCUT2D eigenvalue weighted by Crippen LogP contribution is 2.30. The van der Waals surface area contributed by atoms with E-state index in [1.165, 1.54) is 33.5 Å². The molecule has 1 saturated heterocycles. The van der Waals surface area contributed by atoms with Crippen molar-refractivity contribution >= 4 is 33.2 Å². The van der Waals surface area contributed by atoms with Crippen LogP contribution in [0.1, 0.15) is 0 Å². The number of nitro groups is 1. The highest BCUT2D eigenvalue weighted by molar-refractivity contribution is 7.89. The lowest BCUT2D eigenvalue weighted by molar-refractivity contribution is -0.385. The Morgan fingerprint density at radius 2 is 1.87 bits per heavy atom. The number of carbonyl (C=O) groups is 1.